The van der Waals surface area contributed by atoms with E-state index in [-0.39, 0.29) is 6.15 Å². The van der Waals surface area contributed by atoms with Crippen molar-refractivity contribution in [2.75, 3.05) is 27.4 Å². The van der Waals surface area contributed by atoms with Gasteiger partial charge >= 0.3 is 0 Å². The molecule has 4 unspecified atom stereocenters. The van der Waals surface area contributed by atoms with Crippen LogP contribution in [0.4, 0.5) is 0 Å². The van der Waals surface area contributed by atoms with Crippen LogP contribution in [0.25, 0.3) is 0 Å². The molecule has 0 aromatic carbocycles. The Kier molecular flexibility index (Phi) is 22.4. The molecule has 0 spiro atoms. The zero-order chi connectivity index (χ0) is 55.7. The summed E-state index contributed by atoms with van der Waals surface area (Å²) in [6.07, 6.45) is -49.7. The number of carbonyl (C=O) groups is 2. The van der Waals surface area contributed by atoms with Crippen molar-refractivity contribution in [2.45, 2.75) is 123 Å². The number of aliphatic hydroxyl groups is 4. The summed E-state index contributed by atoms with van der Waals surface area (Å²) in [6.45, 7) is -3.47. The van der Waals surface area contributed by atoms with Gasteiger partial charge in [0.2, 0.25) is 41.6 Å². The predicted octanol–water partition coefficient (Wildman–Crippen LogP) is -14.7. The number of carboxylic acids is 2. The Morgan fingerprint density at radius 3 is 1.32 bits per heavy atom. The lowest BCUT2D eigenvalue weighted by molar-refractivity contribution is -0.386. The van der Waals surface area contributed by atoms with Gasteiger partial charge in [-0.2, -0.15) is 0 Å². The number of carbonyl (C=O) groups excluding carboxylic acids is 2. The molecule has 4 fully saturated rings. The lowest BCUT2D eigenvalue weighted by Gasteiger charge is -2.51. The number of ether oxygens (including phenoxy) is 9. The number of hydrogen-bond donors (Lipinski definition) is 7. The molecule has 48 heteroatoms. The average Bonchev–Trinajstić information content (AvgIpc) is 3.21. The van der Waals surface area contributed by atoms with Crippen molar-refractivity contribution in [1.82, 2.24) is 15.6 Å². The highest BCUT2D eigenvalue weighted by Crippen LogP contribution is 2.37. The zero-order valence-corrected chi connectivity index (χ0v) is 41.1. The maximum atomic E-state index is 12.6. The summed E-state index contributed by atoms with van der Waals surface area (Å²) in [6, 6.07) is -5.49. The minimum atomic E-state index is -6.17. The van der Waals surface area contributed by atoms with E-state index in [9.17, 15) is 118 Å². The molecule has 0 bridgehead atoms. The van der Waals surface area contributed by atoms with Crippen LogP contribution >= 0.6 is 0 Å². The summed E-state index contributed by atoms with van der Waals surface area (Å²) in [4.78, 5) is 24.5. The molecule has 42 nitrogen and oxygen atoms in total. The van der Waals surface area contributed by atoms with Gasteiger partial charge in [-0.25, -0.2) is 60.0 Å². The normalized spacial score (nSPS) is 37.9. The van der Waals surface area contributed by atoms with Gasteiger partial charge in [0.15, 0.2) is 51.9 Å². The molecule has 0 aromatic rings. The molecular weight excluding hydrogens is 1170 g/mol. The number of nitrogens with one attached hydrogen (secondary N) is 2. The van der Waals surface area contributed by atoms with Crippen LogP contribution in [0.5, 0.6) is 0 Å². The largest absolute Gasteiger partial charge is 0.735 e. The van der Waals surface area contributed by atoms with E-state index in [0.29, 0.717) is 14.2 Å². The van der Waals surface area contributed by atoms with Crippen LogP contribution in [0.15, 0.2) is 0 Å². The number of carboxylic acid groups (broad SMARTS) is 2. The van der Waals surface area contributed by atoms with Gasteiger partial charge in [-0.3, -0.25) is 16.7 Å². The first-order valence-corrected chi connectivity index (χ1v) is 27.0. The molecule has 0 radical (unpaired) electrons. The Balaban J connectivity index is 0.0000144. The molecule has 4 rings (SSSR count). The van der Waals surface area contributed by atoms with Gasteiger partial charge in [0, 0.05) is 14.2 Å². The topological polar surface area (TPSA) is 683 Å². The van der Waals surface area contributed by atoms with E-state index in [1.54, 1.807) is 0 Å². The molecule has 4 aliphatic rings. The fourth-order valence-electron chi connectivity index (χ4n) is 7.26. The van der Waals surface area contributed by atoms with Crippen molar-refractivity contribution < 1.29 is 177 Å². The van der Waals surface area contributed by atoms with Crippen molar-refractivity contribution in [1.29, 1.82) is 0 Å². The Hall–Kier alpha value is -2.40. The molecule has 4 heterocycles. The van der Waals surface area contributed by atoms with Crippen LogP contribution in [0.1, 0.15) is 0 Å². The van der Waals surface area contributed by atoms with Crippen LogP contribution in [-0.4, -0.2) is 260 Å². The molecule has 4 saturated heterocycles. The predicted molar refractivity (Wildman–Crippen MR) is 200 cm³/mol. The first-order valence-electron chi connectivity index (χ1n) is 18.9. The first-order chi connectivity index (χ1) is 33.1. The number of rotatable bonds is 24. The number of methoxy groups -OCH3 is 2. The summed E-state index contributed by atoms with van der Waals surface area (Å²) < 4.78 is 275. The first kappa shape index (κ1) is 65.9. The van der Waals surface area contributed by atoms with Gasteiger partial charge < -0.3 is 116 Å². The quantitative estimate of drug-likeness (QED) is 0.0348. The van der Waals surface area contributed by atoms with Gasteiger partial charge in [0.05, 0.1) is 25.2 Å². The number of aliphatic hydroxyl groups excluding tert-OH is 4. The Morgan fingerprint density at radius 1 is 0.459 bits per heavy atom. The van der Waals surface area contributed by atoms with E-state index in [2.05, 4.69) is 16.7 Å². The van der Waals surface area contributed by atoms with Crippen molar-refractivity contribution in [2.24, 2.45) is 0 Å². The second kappa shape index (κ2) is 25.2. The second-order valence-corrected chi connectivity index (χ2v) is 21.2. The summed E-state index contributed by atoms with van der Waals surface area (Å²) >= 11 is 0. The third-order valence-electron chi connectivity index (χ3n) is 10.00. The van der Waals surface area contributed by atoms with Crippen LogP contribution in [0, 0.1) is 0 Å². The standard InChI is InChI=1S/C26H44N2O39S6.H3N/c1-55-16-12(32)18(67-73(52,53)54)26(65-19(16)21(33)34)61-13-5(3-57-70(43,44)45)60-24(7(9(13)29)27-68(37,38)39)63-17-10(30)11(31)25(64-20(17)22(35)36)62-14-6(4-58-71(46,47)48)59-23(56-2)8(28-69(40,41)42)15(14)66-72(49,50)51;/h5-20,23-32H,3-4H2,1-2H3,(H,33,34)(H,35,36)(H,37,38,39)(H,40,41,42)(H,43,44,45)(H,46,47,48)(H,49,50,51)(H,52,53,54);1H3/p-8/t5?,6?,7-,8-,9+,10+,11-,12-,13-,14-,15+,16+,17+,18-,19?,20?,23+,24-,25+,26+;/m0./s1. The van der Waals surface area contributed by atoms with Gasteiger partial charge in [-0.05, 0) is 0 Å². The Bertz CT molecular complexity index is 2620. The third kappa shape index (κ3) is 18.4. The van der Waals surface area contributed by atoms with E-state index in [0.717, 1.165) is 4.72 Å². The lowest BCUT2D eigenvalue weighted by atomic mass is 9.94. The van der Waals surface area contributed by atoms with E-state index in [1.807, 2.05) is 0 Å². The maximum absolute atomic E-state index is 12.6. The molecule has 0 saturated carbocycles. The molecule has 4 aliphatic heterocycles. The minimum Gasteiger partial charge on any atom is -0.735 e. The molecule has 20 atom stereocenters. The minimum absolute atomic E-state index is 0. The number of aliphatic carboxylic acids is 2. The van der Waals surface area contributed by atoms with E-state index < -0.39 is 210 Å². The Labute approximate surface area is 416 Å². The average molecular weight is 1210 g/mol. The van der Waals surface area contributed by atoms with Crippen LogP contribution in [-0.2, 0) is 131 Å². The second-order valence-electron chi connectivity index (χ2n) is 14.8. The molecule has 0 aromatic heterocycles. The van der Waals surface area contributed by atoms with Gasteiger partial charge in [0.1, 0.15) is 91.4 Å². The van der Waals surface area contributed by atoms with Gasteiger partial charge in [-0.15, -0.1) is 0 Å². The van der Waals surface area contributed by atoms with Crippen molar-refractivity contribution in [3.63, 3.8) is 0 Å². The molecule has 0 amide bonds. The van der Waals surface area contributed by atoms with Crippen molar-refractivity contribution in [3.8, 4) is 0 Å². The van der Waals surface area contributed by atoms with Crippen LogP contribution in [0.2, 0.25) is 0 Å². The van der Waals surface area contributed by atoms with E-state index in [1.165, 1.54) is 4.72 Å². The maximum Gasteiger partial charge on any atom is 0.218 e. The molecule has 436 valence electrons. The fraction of sp³-hybridized carbons (Fsp3) is 0.923. The highest BCUT2D eigenvalue weighted by molar-refractivity contribution is 7.84. The summed E-state index contributed by atoms with van der Waals surface area (Å²) in [7, 11) is -34.4. The highest BCUT2D eigenvalue weighted by atomic mass is 32.3. The Morgan fingerprint density at radius 2 is 0.878 bits per heavy atom. The summed E-state index contributed by atoms with van der Waals surface area (Å²) in [5.41, 5.74) is 0. The third-order valence-corrected chi connectivity index (χ3v) is 12.9. The lowest BCUT2D eigenvalue weighted by Crippen LogP contribution is -2.71. The molecule has 9 N–H and O–H groups in total. The zero-order valence-electron chi connectivity index (χ0n) is 36.2. The van der Waals surface area contributed by atoms with Gasteiger partial charge in [-0.1, -0.05) is 0 Å². The van der Waals surface area contributed by atoms with E-state index >= 15 is 0 Å². The molecule has 74 heavy (non-hydrogen) atoms. The van der Waals surface area contributed by atoms with Gasteiger partial charge in [0.25, 0.3) is 0 Å². The van der Waals surface area contributed by atoms with Crippen LogP contribution in [0.3, 0.4) is 0 Å². The smallest absolute Gasteiger partial charge is 0.218 e. The summed E-state index contributed by atoms with van der Waals surface area (Å²) in [5, 5.41) is 69.2. The monoisotopic (exact) mass is 1210 g/mol. The summed E-state index contributed by atoms with van der Waals surface area (Å²) in [5.74, 6) is -4.90. The fourth-order valence-corrected chi connectivity index (χ4v) is 10.0. The van der Waals surface area contributed by atoms with Crippen molar-refractivity contribution >= 4 is 74.1 Å². The SMILES string of the molecule is CO[C@@H]1OC(COS(=O)(=O)[O-])[C@H](O[C@@H]2OC(C(=O)[O-])[C@H](O[C@@H]3OC(COS(=O)(=O)[O-])[C@H](O[C@@H]4OC(C(=O)[O-])[C@H](OC)[C@H](O)[C@@H]4OS(=O)(=O)[O-])[C@H](O)[C@@H]3NS(=O)(=O)[O-])[C@H](O)[C@@H]2O)[C@H](OS(=O)(=O)[O-])[C@@H]1NS(=O)(=O)[O-].N. The number of hydrogen-bond acceptors (Lipinski definition) is 40. The molecular formula is C26H39N3O39S6-8. The highest BCUT2D eigenvalue weighted by Gasteiger charge is 2.58. The van der Waals surface area contributed by atoms with E-state index in [4.69, 9.17) is 42.6 Å². The van der Waals surface area contributed by atoms with Crippen molar-refractivity contribution in [3.05, 3.63) is 0 Å². The molecule has 0 aliphatic carbocycles. The van der Waals surface area contributed by atoms with Crippen LogP contribution < -0.4 is 25.8 Å².